The first-order valence-corrected chi connectivity index (χ1v) is 6.16. The summed E-state index contributed by atoms with van der Waals surface area (Å²) in [6.07, 6.45) is 1.23. The fourth-order valence-electron chi connectivity index (χ4n) is 1.73. The molecular formula is C10H11NO2S. The monoisotopic (exact) mass is 209 g/mol. The van der Waals surface area contributed by atoms with Gasteiger partial charge in [0, 0.05) is 22.9 Å². The number of hydrogen-bond donors (Lipinski definition) is 1. The van der Waals surface area contributed by atoms with Gasteiger partial charge in [-0.3, -0.25) is 0 Å². The van der Waals surface area contributed by atoms with Gasteiger partial charge in [-0.1, -0.05) is 18.2 Å². The molecule has 14 heavy (non-hydrogen) atoms. The smallest absolute Gasteiger partial charge is 0.177 e. The van der Waals surface area contributed by atoms with Crippen molar-refractivity contribution in [3.8, 4) is 0 Å². The Morgan fingerprint density at radius 1 is 1.21 bits per heavy atom. The van der Waals surface area contributed by atoms with E-state index in [9.17, 15) is 8.42 Å². The summed E-state index contributed by atoms with van der Waals surface area (Å²) in [5.74, 6) is 0. The van der Waals surface area contributed by atoms with Crippen molar-refractivity contribution < 1.29 is 8.42 Å². The largest absolute Gasteiger partial charge is 0.358 e. The fourth-order valence-corrected chi connectivity index (χ4v) is 2.91. The zero-order valence-electron chi connectivity index (χ0n) is 8.03. The van der Waals surface area contributed by atoms with Gasteiger partial charge in [0.05, 0.1) is 4.90 Å². The molecule has 0 saturated heterocycles. The van der Waals surface area contributed by atoms with E-state index in [4.69, 9.17) is 0 Å². The van der Waals surface area contributed by atoms with Crippen LogP contribution < -0.4 is 0 Å². The van der Waals surface area contributed by atoms with Gasteiger partial charge in [-0.15, -0.1) is 0 Å². The average Bonchev–Trinajstić information content (AvgIpc) is 2.38. The molecule has 1 aromatic carbocycles. The second kappa shape index (κ2) is 2.85. The van der Waals surface area contributed by atoms with Crippen LogP contribution in [0.4, 0.5) is 0 Å². The number of aromatic nitrogens is 1. The molecule has 0 unspecified atom stereocenters. The Kier molecular flexibility index (Phi) is 1.89. The van der Waals surface area contributed by atoms with Crippen LogP contribution in [0.15, 0.2) is 29.2 Å². The number of sulfone groups is 1. The summed E-state index contributed by atoms with van der Waals surface area (Å²) >= 11 is 0. The first-order chi connectivity index (χ1) is 6.50. The highest BCUT2D eigenvalue weighted by atomic mass is 32.2. The maximum atomic E-state index is 11.5. The van der Waals surface area contributed by atoms with Gasteiger partial charge in [-0.25, -0.2) is 8.42 Å². The number of hydrogen-bond acceptors (Lipinski definition) is 2. The van der Waals surface area contributed by atoms with Gasteiger partial charge in [-0.05, 0) is 13.0 Å². The summed E-state index contributed by atoms with van der Waals surface area (Å²) in [6.45, 7) is 1.77. The number of aromatic amines is 1. The van der Waals surface area contributed by atoms with Crippen LogP contribution in [0.5, 0.6) is 0 Å². The lowest BCUT2D eigenvalue weighted by Crippen LogP contribution is -1.97. The predicted molar refractivity (Wildman–Crippen MR) is 56.1 cm³/mol. The van der Waals surface area contributed by atoms with Crippen LogP contribution in [0.25, 0.3) is 10.9 Å². The minimum Gasteiger partial charge on any atom is -0.358 e. The van der Waals surface area contributed by atoms with Crippen LogP contribution in [-0.2, 0) is 9.84 Å². The highest BCUT2D eigenvalue weighted by Crippen LogP contribution is 2.25. The second-order valence-electron chi connectivity index (χ2n) is 3.40. The molecule has 0 atom stereocenters. The van der Waals surface area contributed by atoms with Gasteiger partial charge in [0.15, 0.2) is 9.84 Å². The molecule has 4 heteroatoms. The Balaban J connectivity index is 2.95. The summed E-state index contributed by atoms with van der Waals surface area (Å²) < 4.78 is 23.0. The molecule has 3 nitrogen and oxygen atoms in total. The second-order valence-corrected chi connectivity index (χ2v) is 5.35. The Hall–Kier alpha value is -1.29. The molecule has 0 radical (unpaired) electrons. The third-order valence-electron chi connectivity index (χ3n) is 2.21. The van der Waals surface area contributed by atoms with Gasteiger partial charge in [0.2, 0.25) is 0 Å². The van der Waals surface area contributed by atoms with Crippen LogP contribution in [0.2, 0.25) is 0 Å². The lowest BCUT2D eigenvalue weighted by molar-refractivity contribution is 0.602. The van der Waals surface area contributed by atoms with Crippen molar-refractivity contribution in [2.75, 3.05) is 6.26 Å². The lowest BCUT2D eigenvalue weighted by Gasteiger charge is -1.96. The molecule has 1 heterocycles. The van der Waals surface area contributed by atoms with Crippen LogP contribution in [0.3, 0.4) is 0 Å². The van der Waals surface area contributed by atoms with Crippen LogP contribution in [0, 0.1) is 6.92 Å². The van der Waals surface area contributed by atoms with Crippen molar-refractivity contribution in [3.05, 3.63) is 30.0 Å². The maximum absolute atomic E-state index is 11.5. The summed E-state index contributed by atoms with van der Waals surface area (Å²) in [5, 5.41) is 0.771. The van der Waals surface area contributed by atoms with E-state index in [1.165, 1.54) is 6.26 Å². The maximum Gasteiger partial charge on any atom is 0.177 e. The van der Waals surface area contributed by atoms with Crippen LogP contribution in [-0.4, -0.2) is 19.7 Å². The Bertz CT molecular complexity index is 581. The van der Waals surface area contributed by atoms with Gasteiger partial charge in [0.25, 0.3) is 0 Å². The number of H-pyrrole nitrogens is 1. The zero-order chi connectivity index (χ0) is 10.3. The topological polar surface area (TPSA) is 49.9 Å². The first kappa shape index (κ1) is 9.27. The summed E-state index contributed by atoms with van der Waals surface area (Å²) in [5.41, 5.74) is 1.57. The van der Waals surface area contributed by atoms with Crippen molar-refractivity contribution in [2.45, 2.75) is 11.8 Å². The Morgan fingerprint density at radius 2 is 1.86 bits per heavy atom. The molecule has 0 saturated carbocycles. The van der Waals surface area contributed by atoms with Crippen molar-refractivity contribution >= 4 is 20.7 Å². The van der Waals surface area contributed by atoms with Gasteiger partial charge in [0.1, 0.15) is 0 Å². The minimum absolute atomic E-state index is 0.410. The minimum atomic E-state index is -3.15. The number of benzene rings is 1. The summed E-state index contributed by atoms with van der Waals surface area (Å²) in [4.78, 5) is 3.46. The van der Waals surface area contributed by atoms with Gasteiger partial charge < -0.3 is 4.98 Å². The molecule has 1 aromatic heterocycles. The first-order valence-electron chi connectivity index (χ1n) is 4.27. The molecule has 2 rings (SSSR count). The van der Waals surface area contributed by atoms with Crippen LogP contribution in [0.1, 0.15) is 5.69 Å². The number of aryl methyl sites for hydroxylation is 1. The van der Waals surface area contributed by atoms with Crippen molar-refractivity contribution in [2.24, 2.45) is 0 Å². The average molecular weight is 209 g/mol. The van der Waals surface area contributed by atoms with E-state index in [0.717, 1.165) is 10.9 Å². The molecule has 0 aliphatic carbocycles. The fraction of sp³-hybridized carbons (Fsp3) is 0.200. The molecule has 0 amide bonds. The highest BCUT2D eigenvalue weighted by Gasteiger charge is 2.16. The Labute approximate surface area is 82.7 Å². The molecule has 0 aliphatic rings. The number of nitrogens with one attached hydrogen (secondary N) is 1. The zero-order valence-corrected chi connectivity index (χ0v) is 8.85. The van der Waals surface area contributed by atoms with E-state index in [1.807, 2.05) is 24.3 Å². The highest BCUT2D eigenvalue weighted by molar-refractivity contribution is 7.91. The number of rotatable bonds is 1. The summed E-state index contributed by atoms with van der Waals surface area (Å²) in [7, 11) is -3.15. The van der Waals surface area contributed by atoms with Gasteiger partial charge >= 0.3 is 0 Å². The van der Waals surface area contributed by atoms with E-state index in [2.05, 4.69) is 4.98 Å². The van der Waals surface area contributed by atoms with Gasteiger partial charge in [-0.2, -0.15) is 0 Å². The van der Waals surface area contributed by atoms with Crippen molar-refractivity contribution in [3.63, 3.8) is 0 Å². The van der Waals surface area contributed by atoms with Crippen LogP contribution >= 0.6 is 0 Å². The predicted octanol–water partition coefficient (Wildman–Crippen LogP) is 1.88. The van der Waals surface area contributed by atoms with Crippen molar-refractivity contribution in [1.29, 1.82) is 0 Å². The SMILES string of the molecule is Cc1[nH]c2ccccc2c1S(C)(=O)=O. The standard InChI is InChI=1S/C10H11NO2S/c1-7-10(14(2,12)13)8-5-3-4-6-9(8)11-7/h3-6,11H,1-2H3. The van der Waals surface area contributed by atoms with E-state index >= 15 is 0 Å². The third kappa shape index (κ3) is 1.32. The quantitative estimate of drug-likeness (QED) is 0.779. The van der Waals surface area contributed by atoms with E-state index < -0.39 is 9.84 Å². The molecule has 1 N–H and O–H groups in total. The Morgan fingerprint density at radius 3 is 2.50 bits per heavy atom. The lowest BCUT2D eigenvalue weighted by atomic mass is 10.2. The summed E-state index contributed by atoms with van der Waals surface area (Å²) in [6, 6.07) is 7.40. The third-order valence-corrected chi connectivity index (χ3v) is 3.47. The number of para-hydroxylation sites is 1. The number of fused-ring (bicyclic) bond motifs is 1. The molecular weight excluding hydrogens is 198 g/mol. The molecule has 0 fully saturated rings. The van der Waals surface area contributed by atoms with E-state index in [0.29, 0.717) is 10.6 Å². The normalized spacial score (nSPS) is 12.1. The molecule has 0 aliphatic heterocycles. The molecule has 2 aromatic rings. The van der Waals surface area contributed by atoms with E-state index in [1.54, 1.807) is 6.92 Å². The van der Waals surface area contributed by atoms with E-state index in [-0.39, 0.29) is 0 Å². The molecule has 74 valence electrons. The van der Waals surface area contributed by atoms with Crippen molar-refractivity contribution in [1.82, 2.24) is 4.98 Å². The molecule has 0 spiro atoms. The molecule has 0 bridgehead atoms.